The smallest absolute Gasteiger partial charge is 0.0772 e. The van der Waals surface area contributed by atoms with E-state index in [-0.39, 0.29) is 0 Å². The molecule has 1 N–H and O–H groups in total. The lowest BCUT2D eigenvalue weighted by Crippen LogP contribution is -2.01. The van der Waals surface area contributed by atoms with Crippen LogP contribution in [0, 0.1) is 13.8 Å². The van der Waals surface area contributed by atoms with Gasteiger partial charge in [0.1, 0.15) is 0 Å². The standard InChI is InChI=1S/C13H15BrN2O/c1-8-6-9(2)16(15-8)11-4-5-12(10(3)17)13(14)7-11/h4-7,10,17H,1-3H3/t10-/m1/s1. The largest absolute Gasteiger partial charge is 0.389 e. The molecule has 0 aliphatic carbocycles. The lowest BCUT2D eigenvalue weighted by atomic mass is 10.1. The van der Waals surface area contributed by atoms with E-state index in [4.69, 9.17) is 0 Å². The van der Waals surface area contributed by atoms with Crippen molar-refractivity contribution < 1.29 is 5.11 Å². The van der Waals surface area contributed by atoms with Crippen LogP contribution in [0.15, 0.2) is 28.7 Å². The third-order valence-corrected chi connectivity index (χ3v) is 3.38. The number of halogens is 1. The van der Waals surface area contributed by atoms with Crippen LogP contribution in [0.5, 0.6) is 0 Å². The van der Waals surface area contributed by atoms with E-state index in [1.165, 1.54) is 0 Å². The minimum atomic E-state index is -0.473. The van der Waals surface area contributed by atoms with Gasteiger partial charge in [-0.25, -0.2) is 4.68 Å². The summed E-state index contributed by atoms with van der Waals surface area (Å²) in [6, 6.07) is 7.89. The van der Waals surface area contributed by atoms with Crippen molar-refractivity contribution in [3.63, 3.8) is 0 Å². The molecule has 0 unspecified atom stereocenters. The highest BCUT2D eigenvalue weighted by Gasteiger charge is 2.09. The van der Waals surface area contributed by atoms with Gasteiger partial charge in [-0.15, -0.1) is 0 Å². The molecule has 1 heterocycles. The average Bonchev–Trinajstić information content (AvgIpc) is 2.57. The zero-order chi connectivity index (χ0) is 12.6. The van der Waals surface area contributed by atoms with Gasteiger partial charge in [0.05, 0.1) is 17.5 Å². The first-order valence-electron chi connectivity index (χ1n) is 5.50. The van der Waals surface area contributed by atoms with Crippen LogP contribution in [0.25, 0.3) is 5.69 Å². The summed E-state index contributed by atoms with van der Waals surface area (Å²) in [5.41, 5.74) is 3.97. The summed E-state index contributed by atoms with van der Waals surface area (Å²) in [5, 5.41) is 14.0. The van der Waals surface area contributed by atoms with Gasteiger partial charge in [0.25, 0.3) is 0 Å². The third kappa shape index (κ3) is 2.42. The molecule has 4 heteroatoms. The number of aryl methyl sites for hydroxylation is 2. The molecule has 2 rings (SSSR count). The SMILES string of the molecule is Cc1cc(C)n(-c2ccc([C@@H](C)O)c(Br)c2)n1. The quantitative estimate of drug-likeness (QED) is 0.923. The number of aromatic nitrogens is 2. The Morgan fingerprint density at radius 2 is 2.00 bits per heavy atom. The molecule has 0 fully saturated rings. The molecule has 17 heavy (non-hydrogen) atoms. The molecule has 0 saturated carbocycles. The minimum Gasteiger partial charge on any atom is -0.389 e. The number of aliphatic hydroxyl groups is 1. The van der Waals surface area contributed by atoms with Crippen molar-refractivity contribution in [2.45, 2.75) is 26.9 Å². The van der Waals surface area contributed by atoms with E-state index in [1.54, 1.807) is 6.92 Å². The van der Waals surface area contributed by atoms with Crippen molar-refractivity contribution in [3.8, 4) is 5.69 Å². The van der Waals surface area contributed by atoms with E-state index in [2.05, 4.69) is 21.0 Å². The van der Waals surface area contributed by atoms with Gasteiger partial charge in [-0.1, -0.05) is 22.0 Å². The van der Waals surface area contributed by atoms with Crippen LogP contribution in [0.3, 0.4) is 0 Å². The Morgan fingerprint density at radius 3 is 2.47 bits per heavy atom. The Bertz CT molecular complexity index is 546. The first kappa shape index (κ1) is 12.3. The highest BCUT2D eigenvalue weighted by molar-refractivity contribution is 9.10. The zero-order valence-electron chi connectivity index (χ0n) is 10.1. The van der Waals surface area contributed by atoms with E-state index in [0.717, 1.165) is 27.1 Å². The fourth-order valence-electron chi connectivity index (χ4n) is 1.88. The van der Waals surface area contributed by atoms with Crippen LogP contribution in [0.2, 0.25) is 0 Å². The maximum absolute atomic E-state index is 9.57. The Hall–Kier alpha value is -1.13. The highest BCUT2D eigenvalue weighted by Crippen LogP contribution is 2.26. The van der Waals surface area contributed by atoms with Crippen molar-refractivity contribution in [3.05, 3.63) is 45.7 Å². The minimum absolute atomic E-state index is 0.473. The predicted octanol–water partition coefficient (Wildman–Crippen LogP) is 3.30. The number of hydrogen-bond donors (Lipinski definition) is 1. The fraction of sp³-hybridized carbons (Fsp3) is 0.308. The van der Waals surface area contributed by atoms with Gasteiger partial charge < -0.3 is 5.11 Å². The molecule has 0 aliphatic rings. The van der Waals surface area contributed by atoms with E-state index in [0.29, 0.717) is 0 Å². The molecule has 0 amide bonds. The Morgan fingerprint density at radius 1 is 1.29 bits per heavy atom. The molecule has 1 aromatic heterocycles. The molecule has 0 bridgehead atoms. The topological polar surface area (TPSA) is 38.0 Å². The molecule has 1 aromatic carbocycles. The summed E-state index contributed by atoms with van der Waals surface area (Å²) >= 11 is 3.48. The summed E-state index contributed by atoms with van der Waals surface area (Å²) in [5.74, 6) is 0. The van der Waals surface area contributed by atoms with Gasteiger partial charge in [-0.3, -0.25) is 0 Å². The Balaban J connectivity index is 2.48. The van der Waals surface area contributed by atoms with Gasteiger partial charge in [-0.05, 0) is 44.5 Å². The van der Waals surface area contributed by atoms with Gasteiger partial charge in [-0.2, -0.15) is 5.10 Å². The van der Waals surface area contributed by atoms with Crippen molar-refractivity contribution in [1.29, 1.82) is 0 Å². The van der Waals surface area contributed by atoms with Crippen molar-refractivity contribution in [1.82, 2.24) is 9.78 Å². The highest BCUT2D eigenvalue weighted by atomic mass is 79.9. The van der Waals surface area contributed by atoms with Gasteiger partial charge in [0.2, 0.25) is 0 Å². The number of aliphatic hydroxyl groups excluding tert-OH is 1. The molecule has 2 aromatic rings. The summed E-state index contributed by atoms with van der Waals surface area (Å²) in [7, 11) is 0. The van der Waals surface area contributed by atoms with Crippen LogP contribution in [0.1, 0.15) is 30.0 Å². The van der Waals surface area contributed by atoms with Gasteiger partial charge >= 0.3 is 0 Å². The first-order valence-corrected chi connectivity index (χ1v) is 6.29. The van der Waals surface area contributed by atoms with Crippen LogP contribution in [-0.4, -0.2) is 14.9 Å². The molecule has 0 saturated heterocycles. The lowest BCUT2D eigenvalue weighted by Gasteiger charge is -2.10. The zero-order valence-corrected chi connectivity index (χ0v) is 11.7. The second kappa shape index (κ2) is 4.63. The predicted molar refractivity (Wildman–Crippen MR) is 71.4 cm³/mol. The van der Waals surface area contributed by atoms with Crippen LogP contribution in [-0.2, 0) is 0 Å². The Labute approximate surface area is 109 Å². The third-order valence-electron chi connectivity index (χ3n) is 2.69. The average molecular weight is 295 g/mol. The molecule has 0 spiro atoms. The molecule has 0 aliphatic heterocycles. The second-order valence-electron chi connectivity index (χ2n) is 4.22. The number of rotatable bonds is 2. The van der Waals surface area contributed by atoms with E-state index in [1.807, 2.05) is 42.8 Å². The van der Waals surface area contributed by atoms with Crippen molar-refractivity contribution in [2.24, 2.45) is 0 Å². The van der Waals surface area contributed by atoms with Gasteiger partial charge in [0.15, 0.2) is 0 Å². The monoisotopic (exact) mass is 294 g/mol. The maximum Gasteiger partial charge on any atom is 0.0772 e. The van der Waals surface area contributed by atoms with Crippen LogP contribution < -0.4 is 0 Å². The van der Waals surface area contributed by atoms with Gasteiger partial charge in [0, 0.05) is 10.2 Å². The summed E-state index contributed by atoms with van der Waals surface area (Å²) < 4.78 is 2.80. The molecular weight excluding hydrogens is 280 g/mol. The second-order valence-corrected chi connectivity index (χ2v) is 5.08. The van der Waals surface area contributed by atoms with Crippen molar-refractivity contribution in [2.75, 3.05) is 0 Å². The lowest BCUT2D eigenvalue weighted by molar-refractivity contribution is 0.198. The fourth-order valence-corrected chi connectivity index (χ4v) is 2.57. The van der Waals surface area contributed by atoms with E-state index in [9.17, 15) is 5.11 Å². The molecule has 3 nitrogen and oxygen atoms in total. The maximum atomic E-state index is 9.57. The number of hydrogen-bond acceptors (Lipinski definition) is 2. The van der Waals surface area contributed by atoms with Crippen LogP contribution in [0.4, 0.5) is 0 Å². The van der Waals surface area contributed by atoms with E-state index < -0.39 is 6.10 Å². The number of nitrogens with zero attached hydrogens (tertiary/aromatic N) is 2. The van der Waals surface area contributed by atoms with Crippen LogP contribution >= 0.6 is 15.9 Å². The van der Waals surface area contributed by atoms with E-state index >= 15 is 0 Å². The normalized spacial score (nSPS) is 12.8. The van der Waals surface area contributed by atoms with Crippen molar-refractivity contribution >= 4 is 15.9 Å². The Kier molecular flexibility index (Phi) is 3.35. The summed E-state index contributed by atoms with van der Waals surface area (Å²) in [6.45, 7) is 5.75. The molecule has 90 valence electrons. The first-order chi connectivity index (χ1) is 7.99. The molecular formula is C13H15BrN2O. The molecule has 0 radical (unpaired) electrons. The molecule has 1 atom stereocenters. The number of benzene rings is 1. The summed E-state index contributed by atoms with van der Waals surface area (Å²) in [6.07, 6.45) is -0.473. The summed E-state index contributed by atoms with van der Waals surface area (Å²) in [4.78, 5) is 0.